The minimum Gasteiger partial charge on any atom is -0.486 e. The Balaban J connectivity index is 0.000000179. The maximum atomic E-state index is 5.83. The zero-order valence-electron chi connectivity index (χ0n) is 27.7. The van der Waals surface area contributed by atoms with Crippen molar-refractivity contribution in [1.29, 1.82) is 0 Å². The molecule has 1 radical (unpaired) electrons. The standard InChI is InChI=1S/C19H26GeN.C19H13N4O.Ir/c1-14(2)11-17-12-19(16-9-7-15(3)8-10-16)21-13-18(17)20(4,5)6;1-11-3-5-13-14-9-12(4-6-17(14)24-19(13)21-11)18-22-15-7-8-20-10-16(15)23(18)2;/h7-9,12-14H,11H2,1-6H3;3,5-10H,1-2H3;/q2*-1;. The van der Waals surface area contributed by atoms with E-state index in [0.29, 0.717) is 11.6 Å². The van der Waals surface area contributed by atoms with Crippen LogP contribution < -0.4 is 4.40 Å². The molecular formula is C38H39GeIrN5O-2. The molecule has 0 aliphatic heterocycles. The van der Waals surface area contributed by atoms with Crippen LogP contribution in [0.1, 0.15) is 30.7 Å². The van der Waals surface area contributed by atoms with Crippen molar-refractivity contribution in [2.45, 2.75) is 51.4 Å². The summed E-state index contributed by atoms with van der Waals surface area (Å²) in [4.78, 5) is 18.1. The van der Waals surface area contributed by atoms with E-state index >= 15 is 0 Å². The van der Waals surface area contributed by atoms with E-state index in [0.717, 1.165) is 62.1 Å². The van der Waals surface area contributed by atoms with E-state index in [4.69, 9.17) is 14.4 Å². The Morgan fingerprint density at radius 3 is 2.37 bits per heavy atom. The van der Waals surface area contributed by atoms with Gasteiger partial charge in [-0.05, 0) is 25.1 Å². The summed E-state index contributed by atoms with van der Waals surface area (Å²) in [5.74, 6) is 8.86. The third kappa shape index (κ3) is 7.02. The minimum absolute atomic E-state index is 0. The normalized spacial score (nSPS) is 11.6. The van der Waals surface area contributed by atoms with Gasteiger partial charge >= 0.3 is 132 Å². The number of furan rings is 1. The fourth-order valence-corrected chi connectivity index (χ4v) is 9.02. The smallest absolute Gasteiger partial charge is 0.216 e. The van der Waals surface area contributed by atoms with Crippen molar-refractivity contribution >= 4 is 50.8 Å². The zero-order chi connectivity index (χ0) is 31.9. The predicted octanol–water partition coefficient (Wildman–Crippen LogP) is 8.64. The number of benzene rings is 2. The largest absolute Gasteiger partial charge is 0.486 e. The van der Waals surface area contributed by atoms with Gasteiger partial charge in [-0.2, -0.15) is 0 Å². The Hall–Kier alpha value is -3.65. The molecule has 5 aromatic heterocycles. The number of nitrogens with zero attached hydrogens (tertiary/aromatic N) is 5. The molecule has 2 aromatic carbocycles. The van der Waals surface area contributed by atoms with Gasteiger partial charge in [-0.15, -0.1) is 23.8 Å². The van der Waals surface area contributed by atoms with Gasteiger partial charge in [0.15, 0.2) is 0 Å². The van der Waals surface area contributed by atoms with Crippen LogP contribution in [0.2, 0.25) is 17.3 Å². The molecule has 7 rings (SSSR count). The minimum atomic E-state index is -1.87. The van der Waals surface area contributed by atoms with E-state index in [-0.39, 0.29) is 20.1 Å². The number of aromatic nitrogens is 5. The fraction of sp³-hybridized carbons (Fsp3) is 0.263. The number of aryl methyl sites for hydroxylation is 3. The van der Waals surface area contributed by atoms with Gasteiger partial charge in [0.2, 0.25) is 5.71 Å². The van der Waals surface area contributed by atoms with E-state index < -0.39 is 13.3 Å². The molecule has 8 heteroatoms. The average molecular weight is 847 g/mol. The summed E-state index contributed by atoms with van der Waals surface area (Å²) >= 11 is -1.87. The Morgan fingerprint density at radius 2 is 1.67 bits per heavy atom. The summed E-state index contributed by atoms with van der Waals surface area (Å²) in [5.41, 5.74) is 10.1. The molecule has 237 valence electrons. The van der Waals surface area contributed by atoms with Crippen molar-refractivity contribution in [1.82, 2.24) is 24.5 Å². The molecule has 0 aliphatic carbocycles. The van der Waals surface area contributed by atoms with Gasteiger partial charge in [0.05, 0.1) is 28.6 Å². The van der Waals surface area contributed by atoms with Crippen molar-refractivity contribution in [3.8, 4) is 22.6 Å². The van der Waals surface area contributed by atoms with Crippen molar-refractivity contribution in [2.75, 3.05) is 0 Å². The maximum absolute atomic E-state index is 5.83. The van der Waals surface area contributed by atoms with Gasteiger partial charge in [-0.25, -0.2) is 4.98 Å². The second-order valence-electron chi connectivity index (χ2n) is 13.2. The molecule has 6 nitrogen and oxygen atoms in total. The Labute approximate surface area is 287 Å². The molecule has 5 heterocycles. The van der Waals surface area contributed by atoms with Crippen LogP contribution in [0.4, 0.5) is 0 Å². The molecule has 0 amide bonds. The third-order valence-electron chi connectivity index (χ3n) is 8.00. The number of hydrogen-bond acceptors (Lipinski definition) is 5. The second kappa shape index (κ2) is 13.6. The summed E-state index contributed by atoms with van der Waals surface area (Å²) < 4.78 is 9.41. The molecule has 0 saturated heterocycles. The molecular weight excluding hydrogens is 807 g/mol. The first-order chi connectivity index (χ1) is 21.5. The number of pyridine rings is 3. The van der Waals surface area contributed by atoms with E-state index in [9.17, 15) is 0 Å². The third-order valence-corrected chi connectivity index (χ3v) is 12.3. The fourth-order valence-electron chi connectivity index (χ4n) is 5.69. The molecule has 0 unspecified atom stereocenters. The molecule has 0 spiro atoms. The predicted molar refractivity (Wildman–Crippen MR) is 187 cm³/mol. The first-order valence-electron chi connectivity index (χ1n) is 15.4. The number of fused-ring (bicyclic) bond motifs is 4. The SMILES string of the molecule is Cc1c[c-]c(-c2cc(CC(C)C)[c]([Ge]([CH3])([CH3])[CH3])cn2)cc1.Cc1ccc2c(n1)oc1c[c-]c(-c3nc4ccncc4n3C)cc12.[Ir]. The van der Waals surface area contributed by atoms with Gasteiger partial charge in [0.1, 0.15) is 0 Å². The van der Waals surface area contributed by atoms with Crippen LogP contribution in [0.15, 0.2) is 77.6 Å². The Morgan fingerprint density at radius 1 is 0.891 bits per heavy atom. The second-order valence-corrected chi connectivity index (χ2v) is 23.8. The van der Waals surface area contributed by atoms with Crippen LogP contribution in [0.3, 0.4) is 0 Å². The van der Waals surface area contributed by atoms with E-state index in [1.165, 1.54) is 11.1 Å². The van der Waals surface area contributed by atoms with Crippen molar-refractivity contribution in [2.24, 2.45) is 13.0 Å². The summed E-state index contributed by atoms with van der Waals surface area (Å²) in [6.07, 6.45) is 6.86. The summed E-state index contributed by atoms with van der Waals surface area (Å²) in [6.45, 7) is 8.63. The van der Waals surface area contributed by atoms with Crippen LogP contribution in [-0.4, -0.2) is 37.8 Å². The van der Waals surface area contributed by atoms with Gasteiger partial charge in [0.25, 0.3) is 0 Å². The zero-order valence-corrected chi connectivity index (χ0v) is 32.2. The Kier molecular flexibility index (Phi) is 9.97. The summed E-state index contributed by atoms with van der Waals surface area (Å²) in [7, 11) is 1.99. The summed E-state index contributed by atoms with van der Waals surface area (Å²) in [5, 5.41) is 2.03. The van der Waals surface area contributed by atoms with E-state index in [1.807, 2.05) is 55.1 Å². The Bertz CT molecular complexity index is 2140. The molecule has 0 aliphatic rings. The van der Waals surface area contributed by atoms with Crippen molar-refractivity contribution in [3.05, 3.63) is 102 Å². The van der Waals surface area contributed by atoms with Crippen LogP contribution >= 0.6 is 0 Å². The first-order valence-corrected chi connectivity index (χ1v) is 22.8. The molecule has 0 N–H and O–H groups in total. The molecule has 46 heavy (non-hydrogen) atoms. The van der Waals surface area contributed by atoms with Crippen molar-refractivity contribution in [3.63, 3.8) is 0 Å². The van der Waals surface area contributed by atoms with Crippen LogP contribution in [-0.2, 0) is 33.6 Å². The molecule has 0 saturated carbocycles. The van der Waals surface area contributed by atoms with Crippen LogP contribution in [0, 0.1) is 31.9 Å². The van der Waals surface area contributed by atoms with Gasteiger partial charge < -0.3 is 8.98 Å². The molecule has 0 fully saturated rings. The van der Waals surface area contributed by atoms with Crippen LogP contribution in [0.5, 0.6) is 0 Å². The quantitative estimate of drug-likeness (QED) is 0.128. The van der Waals surface area contributed by atoms with Gasteiger partial charge in [-0.3, -0.25) is 9.97 Å². The maximum Gasteiger partial charge on any atom is 0.216 e. The van der Waals surface area contributed by atoms with Gasteiger partial charge in [-0.1, -0.05) is 5.39 Å². The number of rotatable bonds is 5. The average Bonchev–Trinajstić information content (AvgIpc) is 3.53. The molecule has 0 atom stereocenters. The van der Waals surface area contributed by atoms with Crippen molar-refractivity contribution < 1.29 is 24.5 Å². The molecule has 0 bridgehead atoms. The number of imidazole rings is 1. The van der Waals surface area contributed by atoms with Gasteiger partial charge in [0, 0.05) is 44.4 Å². The first kappa shape index (κ1) is 33.7. The molecule has 7 aromatic rings. The van der Waals surface area contributed by atoms with E-state index in [1.54, 1.807) is 10.6 Å². The monoisotopic (exact) mass is 848 g/mol. The summed E-state index contributed by atoms with van der Waals surface area (Å²) in [6, 6.07) is 25.1. The topological polar surface area (TPSA) is 69.6 Å². The number of hydrogen-bond donors (Lipinski definition) is 0. The van der Waals surface area contributed by atoms with Crippen LogP contribution in [0.25, 0.3) is 55.7 Å². The van der Waals surface area contributed by atoms with E-state index in [2.05, 4.69) is 90.6 Å².